The van der Waals surface area contributed by atoms with Gasteiger partial charge in [-0.05, 0) is 24.6 Å². The summed E-state index contributed by atoms with van der Waals surface area (Å²) in [6.45, 7) is 5.20. The lowest BCUT2D eigenvalue weighted by Gasteiger charge is -2.32. The number of nitrogens with zero attached hydrogens (tertiary/aromatic N) is 3. The second kappa shape index (κ2) is 6.58. The molecule has 0 unspecified atom stereocenters. The summed E-state index contributed by atoms with van der Waals surface area (Å²) in [5, 5.41) is 11.4. The van der Waals surface area contributed by atoms with Gasteiger partial charge in [0.1, 0.15) is 10.0 Å². The van der Waals surface area contributed by atoms with Gasteiger partial charge >= 0.3 is 0 Å². The summed E-state index contributed by atoms with van der Waals surface area (Å²) in [7, 11) is 0. The fourth-order valence-corrected chi connectivity index (χ4v) is 3.41. The van der Waals surface area contributed by atoms with E-state index in [-0.39, 0.29) is 6.10 Å². The van der Waals surface area contributed by atoms with E-state index in [1.165, 1.54) is 0 Å². The molecule has 1 aliphatic rings. The maximum Gasteiger partial charge on any atom is 0.131 e. The molecule has 1 aromatic heterocycles. The minimum atomic E-state index is 0.0162. The molecule has 2 heterocycles. The Bertz CT molecular complexity index is 634. The zero-order valence-corrected chi connectivity index (χ0v) is 13.9. The Balaban J connectivity index is 1.68. The van der Waals surface area contributed by atoms with Gasteiger partial charge in [0.25, 0.3) is 0 Å². The molecule has 0 N–H and O–H groups in total. The minimum absolute atomic E-state index is 0.0162. The SMILES string of the molecule is Cc1nnc(CN2CCO[C@H](c3ccc(Cl)c(Cl)c3)C2)s1. The highest BCUT2D eigenvalue weighted by Gasteiger charge is 2.23. The molecule has 1 saturated heterocycles. The summed E-state index contributed by atoms with van der Waals surface area (Å²) in [6, 6.07) is 5.67. The quantitative estimate of drug-likeness (QED) is 0.851. The molecular formula is C14H15Cl2N3OS. The van der Waals surface area contributed by atoms with Crippen LogP contribution in [0.25, 0.3) is 0 Å². The summed E-state index contributed by atoms with van der Waals surface area (Å²) in [5.74, 6) is 0. The summed E-state index contributed by atoms with van der Waals surface area (Å²) >= 11 is 13.7. The van der Waals surface area contributed by atoms with Crippen molar-refractivity contribution in [3.8, 4) is 0 Å². The molecule has 0 saturated carbocycles. The van der Waals surface area contributed by atoms with Crippen LogP contribution in [0.4, 0.5) is 0 Å². The molecule has 0 radical (unpaired) electrons. The van der Waals surface area contributed by atoms with E-state index in [0.29, 0.717) is 16.7 Å². The van der Waals surface area contributed by atoms with E-state index in [4.69, 9.17) is 27.9 Å². The number of rotatable bonds is 3. The van der Waals surface area contributed by atoms with Gasteiger partial charge in [0, 0.05) is 13.1 Å². The second-order valence-corrected chi connectivity index (χ2v) is 7.06. The van der Waals surface area contributed by atoms with E-state index in [1.807, 2.05) is 25.1 Å². The molecule has 21 heavy (non-hydrogen) atoms. The Hall–Kier alpha value is -0.720. The van der Waals surface area contributed by atoms with E-state index in [2.05, 4.69) is 15.1 Å². The van der Waals surface area contributed by atoms with Gasteiger partial charge in [-0.3, -0.25) is 4.90 Å². The maximum absolute atomic E-state index is 6.08. The molecule has 1 atom stereocenters. The van der Waals surface area contributed by atoms with Crippen molar-refractivity contribution in [2.75, 3.05) is 19.7 Å². The molecule has 1 aromatic carbocycles. The minimum Gasteiger partial charge on any atom is -0.371 e. The lowest BCUT2D eigenvalue weighted by atomic mass is 10.1. The van der Waals surface area contributed by atoms with Crippen LogP contribution >= 0.6 is 34.5 Å². The second-order valence-electron chi connectivity index (χ2n) is 4.98. The van der Waals surface area contributed by atoms with Crippen molar-refractivity contribution >= 4 is 34.5 Å². The Labute approximate surface area is 137 Å². The molecule has 3 rings (SSSR count). The average molecular weight is 344 g/mol. The number of aryl methyl sites for hydroxylation is 1. The number of hydrogen-bond acceptors (Lipinski definition) is 5. The summed E-state index contributed by atoms with van der Waals surface area (Å²) in [6.07, 6.45) is 0.0162. The van der Waals surface area contributed by atoms with Crippen LogP contribution in [0.15, 0.2) is 18.2 Å². The molecule has 0 bridgehead atoms. The highest BCUT2D eigenvalue weighted by atomic mass is 35.5. The van der Waals surface area contributed by atoms with Gasteiger partial charge < -0.3 is 4.74 Å². The van der Waals surface area contributed by atoms with Gasteiger partial charge in [-0.15, -0.1) is 21.5 Å². The third kappa shape index (κ3) is 3.73. The highest BCUT2D eigenvalue weighted by molar-refractivity contribution is 7.11. The smallest absolute Gasteiger partial charge is 0.131 e. The van der Waals surface area contributed by atoms with E-state index >= 15 is 0 Å². The fraction of sp³-hybridized carbons (Fsp3) is 0.429. The lowest BCUT2D eigenvalue weighted by Crippen LogP contribution is -2.37. The Morgan fingerprint density at radius 2 is 2.19 bits per heavy atom. The topological polar surface area (TPSA) is 38.2 Å². The normalized spacial score (nSPS) is 19.9. The Morgan fingerprint density at radius 1 is 1.33 bits per heavy atom. The van der Waals surface area contributed by atoms with Crippen molar-refractivity contribution in [2.45, 2.75) is 19.6 Å². The molecule has 0 spiro atoms. The standard InChI is InChI=1S/C14H15Cl2N3OS/c1-9-17-18-14(21-9)8-19-4-5-20-13(7-19)10-2-3-11(15)12(16)6-10/h2-3,6,13H,4-5,7-8H2,1H3/t13-/m0/s1. The van der Waals surface area contributed by atoms with Crippen LogP contribution in [0.5, 0.6) is 0 Å². The largest absolute Gasteiger partial charge is 0.371 e. The van der Waals surface area contributed by atoms with Gasteiger partial charge in [-0.2, -0.15) is 0 Å². The first-order chi connectivity index (χ1) is 10.1. The fourth-order valence-electron chi connectivity index (χ4n) is 2.35. The molecule has 0 amide bonds. The van der Waals surface area contributed by atoms with Crippen LogP contribution in [0.1, 0.15) is 21.7 Å². The van der Waals surface area contributed by atoms with Crippen LogP contribution in [-0.4, -0.2) is 34.8 Å². The van der Waals surface area contributed by atoms with Gasteiger partial charge in [0.05, 0.1) is 29.3 Å². The first-order valence-electron chi connectivity index (χ1n) is 6.69. The van der Waals surface area contributed by atoms with Crippen molar-refractivity contribution in [1.82, 2.24) is 15.1 Å². The third-order valence-corrected chi connectivity index (χ3v) is 4.96. The molecule has 112 valence electrons. The number of morpholine rings is 1. The van der Waals surface area contributed by atoms with Gasteiger partial charge in [-0.25, -0.2) is 0 Å². The predicted molar refractivity (Wildman–Crippen MR) is 85.1 cm³/mol. The van der Waals surface area contributed by atoms with Crippen molar-refractivity contribution in [3.05, 3.63) is 43.8 Å². The first kappa shape index (κ1) is 15.2. The zero-order valence-electron chi connectivity index (χ0n) is 11.6. The van der Waals surface area contributed by atoms with Gasteiger partial charge in [-0.1, -0.05) is 29.3 Å². The number of ether oxygens (including phenoxy) is 1. The molecule has 1 fully saturated rings. The Kier molecular flexibility index (Phi) is 4.76. The number of benzene rings is 1. The van der Waals surface area contributed by atoms with Crippen LogP contribution in [0, 0.1) is 6.92 Å². The molecule has 2 aromatic rings. The van der Waals surface area contributed by atoms with Gasteiger partial charge in [0.2, 0.25) is 0 Å². The van der Waals surface area contributed by atoms with Crippen molar-refractivity contribution < 1.29 is 4.74 Å². The van der Waals surface area contributed by atoms with Crippen LogP contribution in [-0.2, 0) is 11.3 Å². The Morgan fingerprint density at radius 3 is 2.90 bits per heavy atom. The molecular weight excluding hydrogens is 329 g/mol. The summed E-state index contributed by atoms with van der Waals surface area (Å²) < 4.78 is 5.86. The number of hydrogen-bond donors (Lipinski definition) is 0. The molecule has 1 aliphatic heterocycles. The summed E-state index contributed by atoms with van der Waals surface area (Å²) in [4.78, 5) is 2.33. The molecule has 7 heteroatoms. The van der Waals surface area contributed by atoms with Crippen molar-refractivity contribution in [2.24, 2.45) is 0 Å². The van der Waals surface area contributed by atoms with E-state index in [1.54, 1.807) is 11.3 Å². The van der Waals surface area contributed by atoms with Crippen LogP contribution < -0.4 is 0 Å². The number of halogens is 2. The van der Waals surface area contributed by atoms with Crippen LogP contribution in [0.3, 0.4) is 0 Å². The predicted octanol–water partition coefficient (Wildman–Crippen LogP) is 3.73. The van der Waals surface area contributed by atoms with E-state index < -0.39 is 0 Å². The lowest BCUT2D eigenvalue weighted by molar-refractivity contribution is -0.0329. The third-order valence-electron chi connectivity index (χ3n) is 3.39. The number of aromatic nitrogens is 2. The molecule has 0 aliphatic carbocycles. The first-order valence-corrected chi connectivity index (χ1v) is 8.27. The molecule has 4 nitrogen and oxygen atoms in total. The monoisotopic (exact) mass is 343 g/mol. The van der Waals surface area contributed by atoms with Gasteiger partial charge in [0.15, 0.2) is 0 Å². The van der Waals surface area contributed by atoms with Crippen molar-refractivity contribution in [1.29, 1.82) is 0 Å². The maximum atomic E-state index is 6.08. The average Bonchev–Trinajstić information content (AvgIpc) is 2.87. The van der Waals surface area contributed by atoms with E-state index in [9.17, 15) is 0 Å². The zero-order chi connectivity index (χ0) is 14.8. The van der Waals surface area contributed by atoms with Crippen LogP contribution in [0.2, 0.25) is 10.0 Å². The summed E-state index contributed by atoms with van der Waals surface area (Å²) in [5.41, 5.74) is 1.06. The highest BCUT2D eigenvalue weighted by Crippen LogP contribution is 2.29. The van der Waals surface area contributed by atoms with Crippen molar-refractivity contribution in [3.63, 3.8) is 0 Å². The van der Waals surface area contributed by atoms with E-state index in [0.717, 1.165) is 35.2 Å².